The predicted molar refractivity (Wildman–Crippen MR) is 56.4 cm³/mol. The fourth-order valence-corrected chi connectivity index (χ4v) is 2.04. The molecule has 1 unspecified atom stereocenters. The van der Waals surface area contributed by atoms with Gasteiger partial charge in [0.1, 0.15) is 5.25 Å². The minimum Gasteiger partial charge on any atom is -0.480 e. The van der Waals surface area contributed by atoms with Crippen LogP contribution in [-0.4, -0.2) is 31.9 Å². The lowest BCUT2D eigenvalue weighted by Gasteiger charge is -2.08. The van der Waals surface area contributed by atoms with Crippen LogP contribution in [0.1, 0.15) is 13.3 Å². The number of rotatable bonds is 6. The van der Waals surface area contributed by atoms with Crippen molar-refractivity contribution in [1.29, 1.82) is 0 Å². The van der Waals surface area contributed by atoms with Gasteiger partial charge < -0.3 is 5.11 Å². The number of hydrogen-bond acceptors (Lipinski definition) is 3. The van der Waals surface area contributed by atoms with E-state index in [-0.39, 0.29) is 5.25 Å². The van der Waals surface area contributed by atoms with Crippen LogP contribution < -0.4 is 0 Å². The summed E-state index contributed by atoms with van der Waals surface area (Å²) in [7, 11) is 0. The molecule has 0 saturated carbocycles. The minimum absolute atomic E-state index is 0.287. The van der Waals surface area contributed by atoms with Crippen LogP contribution in [0.3, 0.4) is 0 Å². The Hall–Kier alpha value is -0.970. The molecule has 78 valence electrons. The molecule has 0 radical (unpaired) electrons. The first-order valence-electron chi connectivity index (χ1n) is 4.56. The summed E-state index contributed by atoms with van der Waals surface area (Å²) in [5.41, 5.74) is 0. The summed E-state index contributed by atoms with van der Waals surface area (Å²) in [6.45, 7) is 2.65. The van der Waals surface area contributed by atoms with Gasteiger partial charge >= 0.3 is 5.97 Å². The van der Waals surface area contributed by atoms with Crippen molar-refractivity contribution >= 4 is 17.7 Å². The molecule has 0 aliphatic heterocycles. The molecule has 0 bridgehead atoms. The van der Waals surface area contributed by atoms with Crippen LogP contribution in [0.25, 0.3) is 0 Å². The molecule has 1 heterocycles. The van der Waals surface area contributed by atoms with E-state index >= 15 is 0 Å². The molecule has 14 heavy (non-hydrogen) atoms. The summed E-state index contributed by atoms with van der Waals surface area (Å²) in [5.74, 6) is 0.0601. The standard InChI is InChI=1S/C9H14N2O2S/c1-2-8(9(12)13)14-7-6-11-5-3-4-10-11/h3-5,8H,2,6-7H2,1H3,(H,12,13). The largest absolute Gasteiger partial charge is 0.480 e. The van der Waals surface area contributed by atoms with E-state index in [0.29, 0.717) is 6.42 Å². The van der Waals surface area contributed by atoms with E-state index < -0.39 is 5.97 Å². The fraction of sp³-hybridized carbons (Fsp3) is 0.556. The number of carboxylic acids is 1. The quantitative estimate of drug-likeness (QED) is 0.779. The van der Waals surface area contributed by atoms with Gasteiger partial charge in [-0.25, -0.2) is 0 Å². The summed E-state index contributed by atoms with van der Waals surface area (Å²) in [4.78, 5) is 10.7. The lowest BCUT2D eigenvalue weighted by atomic mass is 10.3. The van der Waals surface area contributed by atoms with Gasteiger partial charge in [-0.2, -0.15) is 5.10 Å². The zero-order chi connectivity index (χ0) is 10.4. The van der Waals surface area contributed by atoms with Crippen LogP contribution >= 0.6 is 11.8 Å². The molecule has 1 atom stereocenters. The Morgan fingerprint density at radius 3 is 3.00 bits per heavy atom. The highest BCUT2D eigenvalue weighted by atomic mass is 32.2. The molecule has 0 fully saturated rings. The molecular formula is C9H14N2O2S. The van der Waals surface area contributed by atoms with Crippen molar-refractivity contribution in [2.24, 2.45) is 0 Å². The highest BCUT2D eigenvalue weighted by molar-refractivity contribution is 8.00. The number of thioether (sulfide) groups is 1. The number of carbonyl (C=O) groups is 1. The highest BCUT2D eigenvalue weighted by Gasteiger charge is 2.14. The monoisotopic (exact) mass is 214 g/mol. The Balaban J connectivity index is 2.23. The summed E-state index contributed by atoms with van der Waals surface area (Å²) in [5, 5.41) is 12.5. The van der Waals surface area contributed by atoms with E-state index in [1.807, 2.05) is 23.9 Å². The second-order valence-corrected chi connectivity index (χ2v) is 4.19. The minimum atomic E-state index is -0.724. The SMILES string of the molecule is CCC(SCCn1cccn1)C(=O)O. The van der Waals surface area contributed by atoms with Crippen molar-refractivity contribution in [2.75, 3.05) is 5.75 Å². The molecule has 4 nitrogen and oxygen atoms in total. The second-order valence-electron chi connectivity index (χ2n) is 2.88. The number of nitrogens with zero attached hydrogens (tertiary/aromatic N) is 2. The lowest BCUT2D eigenvalue weighted by Crippen LogP contribution is -2.16. The first-order chi connectivity index (χ1) is 6.74. The molecule has 1 aromatic heterocycles. The number of aromatic nitrogens is 2. The van der Waals surface area contributed by atoms with Crippen molar-refractivity contribution in [2.45, 2.75) is 25.1 Å². The van der Waals surface area contributed by atoms with Crippen molar-refractivity contribution in [1.82, 2.24) is 9.78 Å². The van der Waals surface area contributed by atoms with Crippen molar-refractivity contribution in [3.8, 4) is 0 Å². The maximum absolute atomic E-state index is 10.7. The molecule has 0 spiro atoms. The van der Waals surface area contributed by atoms with E-state index in [0.717, 1.165) is 12.3 Å². The van der Waals surface area contributed by atoms with Crippen molar-refractivity contribution in [3.05, 3.63) is 18.5 Å². The number of aliphatic carboxylic acids is 1. The van der Waals surface area contributed by atoms with Crippen LogP contribution in [0.4, 0.5) is 0 Å². The molecule has 0 aliphatic rings. The molecule has 1 aromatic rings. The Kier molecular flexibility index (Phi) is 4.52. The summed E-state index contributed by atoms with van der Waals surface area (Å²) in [6, 6.07) is 1.86. The van der Waals surface area contributed by atoms with Crippen LogP contribution in [-0.2, 0) is 11.3 Å². The smallest absolute Gasteiger partial charge is 0.316 e. The van der Waals surface area contributed by atoms with E-state index in [1.54, 1.807) is 6.20 Å². The van der Waals surface area contributed by atoms with Gasteiger partial charge in [-0.1, -0.05) is 6.92 Å². The highest BCUT2D eigenvalue weighted by Crippen LogP contribution is 2.14. The number of carboxylic acid groups (broad SMARTS) is 1. The van der Waals surface area contributed by atoms with Gasteiger partial charge in [0, 0.05) is 24.7 Å². The van der Waals surface area contributed by atoms with E-state index in [2.05, 4.69) is 5.10 Å². The van der Waals surface area contributed by atoms with Gasteiger partial charge in [0.15, 0.2) is 0 Å². The summed E-state index contributed by atoms with van der Waals surface area (Å²) < 4.78 is 1.81. The van der Waals surface area contributed by atoms with Crippen LogP contribution in [0.2, 0.25) is 0 Å². The van der Waals surface area contributed by atoms with Gasteiger partial charge in [0.25, 0.3) is 0 Å². The normalized spacial score (nSPS) is 12.6. The molecule has 0 aliphatic carbocycles. The topological polar surface area (TPSA) is 55.1 Å². The first kappa shape index (κ1) is 11.1. The lowest BCUT2D eigenvalue weighted by molar-refractivity contribution is -0.136. The molecule has 1 N–H and O–H groups in total. The molecule has 0 aromatic carbocycles. The summed E-state index contributed by atoms with van der Waals surface area (Å²) in [6.07, 6.45) is 4.26. The van der Waals surface area contributed by atoms with Crippen LogP contribution in [0.5, 0.6) is 0 Å². The van der Waals surface area contributed by atoms with Crippen LogP contribution in [0.15, 0.2) is 18.5 Å². The molecule has 1 rings (SSSR count). The maximum Gasteiger partial charge on any atom is 0.316 e. The Morgan fingerprint density at radius 1 is 1.71 bits per heavy atom. The van der Waals surface area contributed by atoms with Crippen molar-refractivity contribution < 1.29 is 9.90 Å². The van der Waals surface area contributed by atoms with Gasteiger partial charge in [0.2, 0.25) is 0 Å². The molecule has 0 amide bonds. The Morgan fingerprint density at radius 2 is 2.50 bits per heavy atom. The zero-order valence-corrected chi connectivity index (χ0v) is 8.91. The fourth-order valence-electron chi connectivity index (χ4n) is 1.08. The van der Waals surface area contributed by atoms with Gasteiger partial charge in [0.05, 0.1) is 0 Å². The third-order valence-corrected chi connectivity index (χ3v) is 3.20. The maximum atomic E-state index is 10.7. The van der Waals surface area contributed by atoms with E-state index in [4.69, 9.17) is 5.11 Å². The van der Waals surface area contributed by atoms with Gasteiger partial charge in [-0.3, -0.25) is 9.48 Å². The van der Waals surface area contributed by atoms with Gasteiger partial charge in [-0.05, 0) is 12.5 Å². The summed E-state index contributed by atoms with van der Waals surface area (Å²) >= 11 is 1.47. The average Bonchev–Trinajstić information content (AvgIpc) is 2.64. The Bertz CT molecular complexity index is 274. The predicted octanol–water partition coefficient (Wildman–Crippen LogP) is 1.48. The van der Waals surface area contributed by atoms with Crippen LogP contribution in [0, 0.1) is 0 Å². The van der Waals surface area contributed by atoms with Crippen molar-refractivity contribution in [3.63, 3.8) is 0 Å². The van der Waals surface area contributed by atoms with Gasteiger partial charge in [-0.15, -0.1) is 11.8 Å². The zero-order valence-electron chi connectivity index (χ0n) is 8.09. The number of aryl methyl sites for hydroxylation is 1. The third kappa shape index (κ3) is 3.41. The van der Waals surface area contributed by atoms with E-state index in [1.165, 1.54) is 11.8 Å². The molecule has 5 heteroatoms. The number of hydrogen-bond donors (Lipinski definition) is 1. The molecule has 0 saturated heterocycles. The third-order valence-electron chi connectivity index (χ3n) is 1.84. The Labute approximate surface area is 87.3 Å². The second kappa shape index (κ2) is 5.70. The van der Waals surface area contributed by atoms with E-state index in [9.17, 15) is 4.79 Å². The first-order valence-corrected chi connectivity index (χ1v) is 5.60. The average molecular weight is 214 g/mol. The molecular weight excluding hydrogens is 200 g/mol.